The smallest absolute Gasteiger partial charge is 0.267 e. The number of carbonyl (C=O) groups excluding carboxylic acids is 1. The van der Waals surface area contributed by atoms with Crippen LogP contribution in [0.2, 0.25) is 0 Å². The van der Waals surface area contributed by atoms with Crippen molar-refractivity contribution in [1.29, 1.82) is 0 Å². The maximum Gasteiger partial charge on any atom is 0.267 e. The molecular formula is C28H29N3O4S2. The van der Waals surface area contributed by atoms with Crippen LogP contribution >= 0.6 is 23.1 Å². The van der Waals surface area contributed by atoms with Crippen molar-refractivity contribution in [2.75, 3.05) is 26.5 Å². The standard InChI is InChI=1S/C28H29N3O4S2/c1-17(2)30-14-13-22-24(15-30)37-26-25(22)27(33)31(19-7-11-21(35-4)12-8-19)28(29-26)36-16-23(32)18-5-9-20(34-3)10-6-18/h5-12,17H,13-16H2,1-4H3. The van der Waals surface area contributed by atoms with Crippen LogP contribution in [0.25, 0.3) is 15.9 Å². The molecule has 0 N–H and O–H groups in total. The van der Waals surface area contributed by atoms with Crippen LogP contribution in [0, 0.1) is 0 Å². The van der Waals surface area contributed by atoms with E-state index in [-0.39, 0.29) is 17.1 Å². The number of nitrogens with zero attached hydrogens (tertiary/aromatic N) is 3. The highest BCUT2D eigenvalue weighted by atomic mass is 32.2. The van der Waals surface area contributed by atoms with Gasteiger partial charge in [-0.05, 0) is 74.4 Å². The normalized spacial score (nSPS) is 13.6. The molecule has 192 valence electrons. The summed E-state index contributed by atoms with van der Waals surface area (Å²) in [6, 6.07) is 14.8. The molecule has 5 rings (SSSR count). The fourth-order valence-corrected chi connectivity index (χ4v) is 6.72. The highest BCUT2D eigenvalue weighted by molar-refractivity contribution is 7.99. The van der Waals surface area contributed by atoms with Gasteiger partial charge < -0.3 is 9.47 Å². The quantitative estimate of drug-likeness (QED) is 0.174. The van der Waals surface area contributed by atoms with E-state index >= 15 is 0 Å². The van der Waals surface area contributed by atoms with Gasteiger partial charge in [0.1, 0.15) is 16.3 Å². The Morgan fingerprint density at radius 3 is 2.32 bits per heavy atom. The molecule has 0 amide bonds. The third kappa shape index (κ3) is 5.03. The Kier molecular flexibility index (Phi) is 7.37. The molecule has 2 aromatic heterocycles. The topological polar surface area (TPSA) is 73.7 Å². The summed E-state index contributed by atoms with van der Waals surface area (Å²) in [6.07, 6.45) is 0.829. The van der Waals surface area contributed by atoms with E-state index in [9.17, 15) is 9.59 Å². The molecule has 37 heavy (non-hydrogen) atoms. The maximum atomic E-state index is 14.0. The molecule has 0 saturated carbocycles. The van der Waals surface area contributed by atoms with Crippen LogP contribution in [-0.2, 0) is 13.0 Å². The summed E-state index contributed by atoms with van der Waals surface area (Å²) in [5.41, 5.74) is 2.31. The molecule has 0 aliphatic carbocycles. The minimum absolute atomic E-state index is 0.0404. The summed E-state index contributed by atoms with van der Waals surface area (Å²) >= 11 is 2.88. The first-order chi connectivity index (χ1) is 17.9. The van der Waals surface area contributed by atoms with Gasteiger partial charge in [0.05, 0.1) is 31.0 Å². The van der Waals surface area contributed by atoms with Crippen LogP contribution in [0.4, 0.5) is 0 Å². The van der Waals surface area contributed by atoms with E-state index < -0.39 is 0 Å². The highest BCUT2D eigenvalue weighted by Crippen LogP contribution is 2.35. The fourth-order valence-electron chi connectivity index (χ4n) is 4.53. The van der Waals surface area contributed by atoms with Gasteiger partial charge in [0, 0.05) is 29.6 Å². The molecule has 2 aromatic carbocycles. The predicted octanol–water partition coefficient (Wildman–Crippen LogP) is 5.21. The van der Waals surface area contributed by atoms with Crippen molar-refractivity contribution in [3.8, 4) is 17.2 Å². The van der Waals surface area contributed by atoms with E-state index in [1.807, 2.05) is 24.3 Å². The Morgan fingerprint density at radius 1 is 1.05 bits per heavy atom. The number of hydrogen-bond donors (Lipinski definition) is 0. The van der Waals surface area contributed by atoms with E-state index in [0.717, 1.165) is 29.9 Å². The van der Waals surface area contributed by atoms with E-state index in [4.69, 9.17) is 14.5 Å². The highest BCUT2D eigenvalue weighted by Gasteiger charge is 2.27. The van der Waals surface area contributed by atoms with Crippen LogP contribution in [0.3, 0.4) is 0 Å². The molecule has 0 fully saturated rings. The Balaban J connectivity index is 1.55. The molecule has 0 saturated heterocycles. The number of thiophene rings is 1. The van der Waals surface area contributed by atoms with Crippen molar-refractivity contribution in [3.05, 3.63) is 74.9 Å². The first-order valence-electron chi connectivity index (χ1n) is 12.2. The lowest BCUT2D eigenvalue weighted by molar-refractivity contribution is 0.102. The predicted molar refractivity (Wildman–Crippen MR) is 149 cm³/mol. The second kappa shape index (κ2) is 10.7. The van der Waals surface area contributed by atoms with Gasteiger partial charge in [-0.3, -0.25) is 19.1 Å². The average molecular weight is 536 g/mol. The minimum atomic E-state index is -0.0925. The molecule has 7 nitrogen and oxygen atoms in total. The number of thioether (sulfide) groups is 1. The van der Waals surface area contributed by atoms with E-state index in [2.05, 4.69) is 18.7 Å². The van der Waals surface area contributed by atoms with Crippen molar-refractivity contribution < 1.29 is 14.3 Å². The lowest BCUT2D eigenvalue weighted by Crippen LogP contribution is -2.35. The summed E-state index contributed by atoms with van der Waals surface area (Å²) in [4.78, 5) is 36.3. The van der Waals surface area contributed by atoms with Crippen molar-refractivity contribution in [2.45, 2.75) is 38.0 Å². The molecule has 0 bridgehead atoms. The summed E-state index contributed by atoms with van der Waals surface area (Å²) in [5.74, 6) is 1.52. The second-order valence-electron chi connectivity index (χ2n) is 9.17. The van der Waals surface area contributed by atoms with Crippen LogP contribution in [0.1, 0.15) is 34.6 Å². The Labute approximate surface area is 224 Å². The first-order valence-corrected chi connectivity index (χ1v) is 14.0. The van der Waals surface area contributed by atoms with Gasteiger partial charge in [0.15, 0.2) is 10.9 Å². The minimum Gasteiger partial charge on any atom is -0.497 e. The Morgan fingerprint density at radius 2 is 1.70 bits per heavy atom. The Hall–Kier alpha value is -3.14. The van der Waals surface area contributed by atoms with Gasteiger partial charge in [-0.2, -0.15) is 0 Å². The lowest BCUT2D eigenvalue weighted by atomic mass is 10.0. The zero-order valence-corrected chi connectivity index (χ0v) is 22.9. The second-order valence-corrected chi connectivity index (χ2v) is 11.2. The van der Waals surface area contributed by atoms with Crippen molar-refractivity contribution >= 4 is 39.1 Å². The van der Waals surface area contributed by atoms with Gasteiger partial charge in [0.2, 0.25) is 0 Å². The van der Waals surface area contributed by atoms with Crippen LogP contribution in [0.15, 0.2) is 58.5 Å². The van der Waals surface area contributed by atoms with E-state index in [1.165, 1.54) is 16.6 Å². The number of aromatic nitrogens is 2. The lowest BCUT2D eigenvalue weighted by Gasteiger charge is -2.30. The third-order valence-corrected chi connectivity index (χ3v) is 8.73. The monoisotopic (exact) mass is 535 g/mol. The molecule has 3 heterocycles. The van der Waals surface area contributed by atoms with Crippen molar-refractivity contribution in [1.82, 2.24) is 14.5 Å². The maximum absolute atomic E-state index is 14.0. The number of hydrogen-bond acceptors (Lipinski definition) is 8. The summed E-state index contributed by atoms with van der Waals surface area (Å²) < 4.78 is 12.1. The average Bonchev–Trinajstić information content (AvgIpc) is 3.29. The van der Waals surface area contributed by atoms with E-state index in [1.54, 1.807) is 54.4 Å². The van der Waals surface area contributed by atoms with Gasteiger partial charge in [-0.25, -0.2) is 4.98 Å². The van der Waals surface area contributed by atoms with Crippen LogP contribution < -0.4 is 15.0 Å². The number of rotatable bonds is 8. The number of ether oxygens (including phenoxy) is 2. The summed E-state index contributed by atoms with van der Waals surface area (Å²) in [5, 5.41) is 1.20. The van der Waals surface area contributed by atoms with Crippen molar-refractivity contribution in [2.24, 2.45) is 0 Å². The Bertz CT molecular complexity index is 1490. The molecule has 0 spiro atoms. The molecule has 0 atom stereocenters. The fraction of sp³-hybridized carbons (Fsp3) is 0.321. The molecule has 9 heteroatoms. The zero-order valence-electron chi connectivity index (χ0n) is 21.3. The molecule has 0 radical (unpaired) electrons. The van der Waals surface area contributed by atoms with E-state index in [0.29, 0.717) is 39.3 Å². The van der Waals surface area contributed by atoms with Crippen molar-refractivity contribution in [3.63, 3.8) is 0 Å². The van der Waals surface area contributed by atoms with Crippen LogP contribution in [0.5, 0.6) is 11.5 Å². The first kappa shape index (κ1) is 25.5. The molecule has 1 aliphatic heterocycles. The zero-order chi connectivity index (χ0) is 26.1. The number of carbonyl (C=O) groups is 1. The number of fused-ring (bicyclic) bond motifs is 3. The number of methoxy groups -OCH3 is 2. The van der Waals surface area contributed by atoms with Gasteiger partial charge in [-0.1, -0.05) is 11.8 Å². The molecular weight excluding hydrogens is 506 g/mol. The molecule has 1 aliphatic rings. The third-order valence-electron chi connectivity index (χ3n) is 6.68. The SMILES string of the molecule is COc1ccc(C(=O)CSc2nc3sc4c(c3c(=O)n2-c2ccc(OC)cc2)CCN(C(C)C)C4)cc1. The summed E-state index contributed by atoms with van der Waals surface area (Å²) in [7, 11) is 3.20. The largest absolute Gasteiger partial charge is 0.497 e. The van der Waals surface area contributed by atoms with Gasteiger partial charge in [-0.15, -0.1) is 11.3 Å². The van der Waals surface area contributed by atoms with Gasteiger partial charge >= 0.3 is 0 Å². The molecule has 0 unspecified atom stereocenters. The van der Waals surface area contributed by atoms with Crippen LogP contribution in [-0.4, -0.2) is 52.8 Å². The number of Topliss-reactive ketones (excluding diaryl/α,β-unsaturated/α-hetero) is 1. The molecule has 4 aromatic rings. The number of ketones is 1. The number of benzene rings is 2. The summed E-state index contributed by atoms with van der Waals surface area (Å²) in [6.45, 7) is 6.14. The van der Waals surface area contributed by atoms with Gasteiger partial charge in [0.25, 0.3) is 5.56 Å².